The molecule has 0 saturated heterocycles. The number of carbonyl (C=O) groups excluding carboxylic acids is 1. The fourth-order valence-corrected chi connectivity index (χ4v) is 0.239. The van der Waals surface area contributed by atoms with Crippen molar-refractivity contribution >= 4 is 6.29 Å². The average Bonchev–Trinajstić information content (AvgIpc) is 1.61. The Hall–Kier alpha value is -0.410. The zero-order valence-electron chi connectivity index (χ0n) is 4.00. The summed E-state index contributed by atoms with van der Waals surface area (Å²) >= 11 is 0. The average molecular weight is 103 g/mol. The van der Waals surface area contributed by atoms with Gasteiger partial charge in [0.05, 0.1) is 0 Å². The monoisotopic (exact) mass is 103 g/mol. The summed E-state index contributed by atoms with van der Waals surface area (Å²) < 4.78 is 0. The molecule has 42 valence electrons. The third-order valence-electron chi connectivity index (χ3n) is 0.580. The lowest BCUT2D eigenvalue weighted by Crippen LogP contribution is -2.17. The summed E-state index contributed by atoms with van der Waals surface area (Å²) in [5.74, 6) is 0. The van der Waals surface area contributed by atoms with E-state index in [1.807, 2.05) is 0 Å². The molecule has 0 aromatic heterocycles. The van der Waals surface area contributed by atoms with E-state index in [2.05, 4.69) is 0 Å². The number of hydrogen-bond acceptors (Lipinski definition) is 3. The highest BCUT2D eigenvalue weighted by molar-refractivity contribution is 5.49. The van der Waals surface area contributed by atoms with Crippen LogP contribution in [0.25, 0.3) is 0 Å². The van der Waals surface area contributed by atoms with E-state index < -0.39 is 6.23 Å². The largest absolute Gasteiger partial charge is 0.379 e. The van der Waals surface area contributed by atoms with E-state index in [1.165, 1.54) is 0 Å². The summed E-state index contributed by atoms with van der Waals surface area (Å²) in [7, 11) is 0. The lowest BCUT2D eigenvalue weighted by Gasteiger charge is -1.95. The van der Waals surface area contributed by atoms with E-state index in [0.717, 1.165) is 6.29 Å². The number of hydrogen-bond donors (Lipinski definition) is 2. The zero-order valence-corrected chi connectivity index (χ0v) is 4.00. The maximum atomic E-state index is 9.54. The molecule has 0 fully saturated rings. The maximum absolute atomic E-state index is 9.54. The fourth-order valence-electron chi connectivity index (χ4n) is 0.239. The van der Waals surface area contributed by atoms with E-state index in [1.54, 1.807) is 0 Å². The van der Waals surface area contributed by atoms with Gasteiger partial charge < -0.3 is 15.6 Å². The molecule has 0 heterocycles. The van der Waals surface area contributed by atoms with Gasteiger partial charge in [0.2, 0.25) is 0 Å². The second kappa shape index (κ2) is 3.77. The number of nitrogens with two attached hydrogens (primary N) is 1. The van der Waals surface area contributed by atoms with Crippen LogP contribution < -0.4 is 5.73 Å². The minimum atomic E-state index is -0.829. The molecular weight excluding hydrogens is 94.0 g/mol. The van der Waals surface area contributed by atoms with E-state index in [9.17, 15) is 4.79 Å². The molecule has 0 aliphatic heterocycles. The molecule has 0 bridgehead atoms. The first kappa shape index (κ1) is 6.59. The summed E-state index contributed by atoms with van der Waals surface area (Å²) in [5, 5.41) is 8.30. The van der Waals surface area contributed by atoms with Crippen LogP contribution in [0.2, 0.25) is 0 Å². The molecule has 0 aromatic carbocycles. The first-order chi connectivity index (χ1) is 3.27. The lowest BCUT2D eigenvalue weighted by molar-refractivity contribution is -0.108. The zero-order chi connectivity index (χ0) is 5.70. The van der Waals surface area contributed by atoms with Crippen LogP contribution in [-0.2, 0) is 4.79 Å². The number of aliphatic hydroxyl groups is 1. The van der Waals surface area contributed by atoms with Crippen LogP contribution in [0.15, 0.2) is 0 Å². The molecule has 0 amide bonds. The Kier molecular flexibility index (Phi) is 3.55. The van der Waals surface area contributed by atoms with Crippen LogP contribution in [0.5, 0.6) is 0 Å². The number of carbonyl (C=O) groups is 1. The number of aldehydes is 1. The summed E-state index contributed by atoms with van der Waals surface area (Å²) in [6.07, 6.45) is 0.613. The van der Waals surface area contributed by atoms with Crippen LogP contribution in [0.3, 0.4) is 0 Å². The molecule has 0 saturated carbocycles. The Morgan fingerprint density at radius 1 is 1.86 bits per heavy atom. The molecule has 0 radical (unpaired) electrons. The molecule has 1 atom stereocenters. The van der Waals surface area contributed by atoms with Gasteiger partial charge in [0, 0.05) is 6.42 Å². The summed E-state index contributed by atoms with van der Waals surface area (Å²) in [5.41, 5.74) is 4.88. The maximum Gasteiger partial charge on any atom is 0.120 e. The van der Waals surface area contributed by atoms with E-state index in [-0.39, 0.29) is 0 Å². The lowest BCUT2D eigenvalue weighted by atomic mass is 10.3. The van der Waals surface area contributed by atoms with Crippen LogP contribution in [0.1, 0.15) is 12.8 Å². The molecule has 0 spiro atoms. The second-order valence-corrected chi connectivity index (χ2v) is 1.31. The Bertz CT molecular complexity index is 53.7. The molecule has 0 aliphatic rings. The van der Waals surface area contributed by atoms with Gasteiger partial charge in [0.1, 0.15) is 12.5 Å². The minimum absolute atomic E-state index is 0.345. The van der Waals surface area contributed by atoms with Crippen LogP contribution in [-0.4, -0.2) is 17.6 Å². The Balaban J connectivity index is 2.81. The van der Waals surface area contributed by atoms with Gasteiger partial charge >= 0.3 is 0 Å². The highest BCUT2D eigenvalue weighted by Gasteiger charge is 1.90. The van der Waals surface area contributed by atoms with Crippen molar-refractivity contribution < 1.29 is 9.90 Å². The second-order valence-electron chi connectivity index (χ2n) is 1.31. The predicted molar refractivity (Wildman–Crippen MR) is 25.5 cm³/mol. The molecule has 0 aromatic rings. The van der Waals surface area contributed by atoms with Crippen molar-refractivity contribution in [3.05, 3.63) is 0 Å². The van der Waals surface area contributed by atoms with Crippen molar-refractivity contribution in [2.24, 2.45) is 5.73 Å². The molecule has 0 aliphatic carbocycles. The normalized spacial score (nSPS) is 13.4. The smallest absolute Gasteiger partial charge is 0.120 e. The third-order valence-corrected chi connectivity index (χ3v) is 0.580. The van der Waals surface area contributed by atoms with Crippen molar-refractivity contribution in [3.8, 4) is 0 Å². The van der Waals surface area contributed by atoms with E-state index in [0.29, 0.717) is 12.8 Å². The number of aliphatic hydroxyl groups excluding tert-OH is 1. The van der Waals surface area contributed by atoms with Gasteiger partial charge in [-0.3, -0.25) is 0 Å². The number of rotatable bonds is 3. The highest BCUT2D eigenvalue weighted by Crippen LogP contribution is 1.84. The molecule has 3 N–H and O–H groups in total. The fraction of sp³-hybridized carbons (Fsp3) is 0.750. The minimum Gasteiger partial charge on any atom is -0.379 e. The van der Waals surface area contributed by atoms with E-state index in [4.69, 9.17) is 10.8 Å². The molecule has 3 heteroatoms. The third kappa shape index (κ3) is 5.59. The molecule has 1 unspecified atom stereocenters. The Morgan fingerprint density at radius 3 is 2.57 bits per heavy atom. The van der Waals surface area contributed by atoms with E-state index >= 15 is 0 Å². The van der Waals surface area contributed by atoms with Gasteiger partial charge in [-0.15, -0.1) is 0 Å². The Labute approximate surface area is 42.1 Å². The van der Waals surface area contributed by atoms with Gasteiger partial charge in [-0.2, -0.15) is 0 Å². The molecule has 7 heavy (non-hydrogen) atoms. The van der Waals surface area contributed by atoms with Gasteiger partial charge in [-0.05, 0) is 6.42 Å². The van der Waals surface area contributed by atoms with Crippen molar-refractivity contribution in [2.45, 2.75) is 19.1 Å². The summed E-state index contributed by atoms with van der Waals surface area (Å²) in [6.45, 7) is 0. The van der Waals surface area contributed by atoms with Gasteiger partial charge in [0.15, 0.2) is 0 Å². The predicted octanol–water partition coefficient (Wildman–Crippen LogP) is -0.757. The topological polar surface area (TPSA) is 63.3 Å². The SMILES string of the molecule is NC(O)CCC=O. The van der Waals surface area contributed by atoms with Gasteiger partial charge in [0.25, 0.3) is 0 Å². The van der Waals surface area contributed by atoms with Crippen LogP contribution in [0.4, 0.5) is 0 Å². The van der Waals surface area contributed by atoms with Crippen molar-refractivity contribution in [3.63, 3.8) is 0 Å². The molecule has 0 rings (SSSR count). The van der Waals surface area contributed by atoms with Crippen molar-refractivity contribution in [1.82, 2.24) is 0 Å². The van der Waals surface area contributed by atoms with Crippen molar-refractivity contribution in [2.75, 3.05) is 0 Å². The van der Waals surface area contributed by atoms with Gasteiger partial charge in [-0.25, -0.2) is 0 Å². The summed E-state index contributed by atoms with van der Waals surface area (Å²) in [4.78, 5) is 9.54. The standard InChI is InChI=1S/C4H9NO2/c5-4(7)2-1-3-6/h3-4,7H,1-2,5H2. The molecular formula is C4H9NO2. The summed E-state index contributed by atoms with van der Waals surface area (Å²) in [6, 6.07) is 0. The van der Waals surface area contributed by atoms with Crippen LogP contribution in [0, 0.1) is 0 Å². The quantitative estimate of drug-likeness (QED) is 0.364. The first-order valence-electron chi connectivity index (χ1n) is 2.14. The van der Waals surface area contributed by atoms with Crippen molar-refractivity contribution in [1.29, 1.82) is 0 Å². The van der Waals surface area contributed by atoms with Gasteiger partial charge in [-0.1, -0.05) is 0 Å². The Morgan fingerprint density at radius 2 is 2.43 bits per heavy atom. The van der Waals surface area contributed by atoms with Crippen LogP contribution >= 0.6 is 0 Å². The first-order valence-corrected chi connectivity index (χ1v) is 2.14. The highest BCUT2D eigenvalue weighted by atomic mass is 16.3. The molecule has 3 nitrogen and oxygen atoms in total.